The molecule has 1 heterocycles. The lowest BCUT2D eigenvalue weighted by molar-refractivity contribution is 0.284. The number of hydrogen-bond donors (Lipinski definition) is 1. The molecule has 0 spiro atoms. The Balaban J connectivity index is 2.01. The highest BCUT2D eigenvalue weighted by molar-refractivity contribution is 5.46. The minimum Gasteiger partial charge on any atom is -0.497 e. The summed E-state index contributed by atoms with van der Waals surface area (Å²) in [5.41, 5.74) is 6.39. The highest BCUT2D eigenvalue weighted by Crippen LogP contribution is 2.41. The first-order valence-corrected chi connectivity index (χ1v) is 6.87. The van der Waals surface area contributed by atoms with E-state index in [1.165, 1.54) is 11.7 Å². The van der Waals surface area contributed by atoms with Crippen LogP contribution in [-0.4, -0.2) is 16.7 Å². The van der Waals surface area contributed by atoms with Crippen LogP contribution in [0, 0.1) is 17.6 Å². The van der Waals surface area contributed by atoms with Crippen LogP contribution in [0.4, 0.5) is 14.7 Å². The van der Waals surface area contributed by atoms with Crippen LogP contribution in [0.25, 0.3) is 5.69 Å². The number of ether oxygens (including phenoxy) is 1. The summed E-state index contributed by atoms with van der Waals surface area (Å²) in [7, 11) is 1.36. The molecule has 0 amide bonds. The number of rotatable bonds is 3. The fourth-order valence-corrected chi connectivity index (χ4v) is 2.82. The van der Waals surface area contributed by atoms with Crippen LogP contribution in [-0.2, 0) is 0 Å². The van der Waals surface area contributed by atoms with Gasteiger partial charge in [-0.2, -0.15) is 0 Å². The smallest absolute Gasteiger partial charge is 0.205 e. The fraction of sp³-hybridized carbons (Fsp3) is 0.400. The summed E-state index contributed by atoms with van der Waals surface area (Å²) in [4.78, 5) is 4.24. The third-order valence-corrected chi connectivity index (χ3v) is 4.01. The lowest BCUT2D eigenvalue weighted by Crippen LogP contribution is -2.19. The van der Waals surface area contributed by atoms with Gasteiger partial charge in [-0.3, -0.25) is 4.57 Å². The predicted octanol–water partition coefficient (Wildman–Crippen LogP) is 3.25. The van der Waals surface area contributed by atoms with E-state index in [0.29, 0.717) is 11.8 Å². The van der Waals surface area contributed by atoms with E-state index in [0.717, 1.165) is 30.7 Å². The number of nitrogen functional groups attached to an aromatic ring is 1. The van der Waals surface area contributed by atoms with Gasteiger partial charge in [0.05, 0.1) is 12.8 Å². The van der Waals surface area contributed by atoms with Crippen LogP contribution in [0.3, 0.4) is 0 Å². The second kappa shape index (κ2) is 5.02. The first-order chi connectivity index (χ1) is 9.99. The molecule has 112 valence electrons. The monoisotopic (exact) mass is 293 g/mol. The number of methoxy groups -OCH3 is 1. The largest absolute Gasteiger partial charge is 0.497 e. The number of benzene rings is 1. The number of nitrogens with two attached hydrogens (primary N) is 1. The predicted molar refractivity (Wildman–Crippen MR) is 75.6 cm³/mol. The molecule has 0 saturated heterocycles. The van der Waals surface area contributed by atoms with Crippen molar-refractivity contribution in [3.05, 3.63) is 35.7 Å². The van der Waals surface area contributed by atoms with Crippen LogP contribution in [0.15, 0.2) is 18.3 Å². The molecule has 21 heavy (non-hydrogen) atoms. The second-order valence-electron chi connectivity index (χ2n) is 5.61. The highest BCUT2D eigenvalue weighted by Gasteiger charge is 2.30. The van der Waals surface area contributed by atoms with E-state index in [1.807, 2.05) is 0 Å². The third-order valence-electron chi connectivity index (χ3n) is 4.01. The van der Waals surface area contributed by atoms with Crippen molar-refractivity contribution in [1.82, 2.24) is 9.55 Å². The molecule has 0 unspecified atom stereocenters. The Morgan fingerprint density at radius 1 is 1.29 bits per heavy atom. The lowest BCUT2D eigenvalue weighted by atomic mass is 9.75. The summed E-state index contributed by atoms with van der Waals surface area (Å²) in [6, 6.07) is 2.26. The highest BCUT2D eigenvalue weighted by atomic mass is 19.1. The molecule has 0 aliphatic heterocycles. The van der Waals surface area contributed by atoms with Crippen molar-refractivity contribution < 1.29 is 13.5 Å². The van der Waals surface area contributed by atoms with Crippen LogP contribution < -0.4 is 10.5 Å². The van der Waals surface area contributed by atoms with Gasteiger partial charge in [-0.1, -0.05) is 6.92 Å². The summed E-state index contributed by atoms with van der Waals surface area (Å²) in [5.74, 6) is -0.259. The Bertz CT molecular complexity index is 655. The van der Waals surface area contributed by atoms with E-state index in [2.05, 4.69) is 11.9 Å². The lowest BCUT2D eigenvalue weighted by Gasteiger charge is -2.31. The standard InChI is InChI=1S/C15H17F2N3O/c1-8-3-9(4-8)13-7-20(15(18)19-13)14-11(16)5-10(21-2)6-12(14)17/h5-9H,3-4H2,1-2H3,(H2,18,19). The molecule has 1 aliphatic rings. The van der Waals surface area contributed by atoms with Gasteiger partial charge in [0.15, 0.2) is 11.6 Å². The van der Waals surface area contributed by atoms with Crippen molar-refractivity contribution in [2.75, 3.05) is 12.8 Å². The molecule has 4 nitrogen and oxygen atoms in total. The van der Waals surface area contributed by atoms with Crippen LogP contribution in [0.2, 0.25) is 0 Å². The Morgan fingerprint density at radius 2 is 1.90 bits per heavy atom. The summed E-state index contributed by atoms with van der Waals surface area (Å²) in [6.45, 7) is 2.17. The van der Waals surface area contributed by atoms with E-state index < -0.39 is 11.6 Å². The Kier molecular flexibility index (Phi) is 3.31. The number of nitrogens with zero attached hydrogens (tertiary/aromatic N) is 2. The second-order valence-corrected chi connectivity index (χ2v) is 5.61. The number of imidazole rings is 1. The third kappa shape index (κ3) is 2.34. The zero-order valence-electron chi connectivity index (χ0n) is 11.9. The Hall–Kier alpha value is -2.11. The van der Waals surface area contributed by atoms with Crippen molar-refractivity contribution in [3.63, 3.8) is 0 Å². The van der Waals surface area contributed by atoms with Gasteiger partial charge in [0.25, 0.3) is 0 Å². The summed E-state index contributed by atoms with van der Waals surface area (Å²) < 4.78 is 34.3. The minimum atomic E-state index is -0.732. The van der Waals surface area contributed by atoms with Crippen LogP contribution in [0.1, 0.15) is 31.4 Å². The van der Waals surface area contributed by atoms with Crippen molar-refractivity contribution >= 4 is 5.95 Å². The van der Waals surface area contributed by atoms with E-state index in [9.17, 15) is 8.78 Å². The van der Waals surface area contributed by atoms with Crippen molar-refractivity contribution in [3.8, 4) is 11.4 Å². The van der Waals surface area contributed by atoms with Gasteiger partial charge in [-0.05, 0) is 18.8 Å². The quantitative estimate of drug-likeness (QED) is 0.945. The number of halogens is 2. The normalized spacial score (nSPS) is 21.1. The van der Waals surface area contributed by atoms with E-state index in [-0.39, 0.29) is 17.4 Å². The molecule has 0 bridgehead atoms. The summed E-state index contributed by atoms with van der Waals surface area (Å²) in [5, 5.41) is 0. The van der Waals surface area contributed by atoms with E-state index in [1.54, 1.807) is 6.20 Å². The maximum atomic E-state index is 14.1. The Morgan fingerprint density at radius 3 is 2.43 bits per heavy atom. The van der Waals surface area contributed by atoms with E-state index in [4.69, 9.17) is 10.5 Å². The molecule has 2 aromatic rings. The van der Waals surface area contributed by atoms with Gasteiger partial charge < -0.3 is 10.5 Å². The van der Waals surface area contributed by atoms with Gasteiger partial charge in [-0.15, -0.1) is 0 Å². The van der Waals surface area contributed by atoms with Gasteiger partial charge >= 0.3 is 0 Å². The molecule has 1 fully saturated rings. The van der Waals surface area contributed by atoms with E-state index >= 15 is 0 Å². The van der Waals surface area contributed by atoms with Crippen molar-refractivity contribution in [1.29, 1.82) is 0 Å². The molecule has 0 atom stereocenters. The first kappa shape index (κ1) is 13.9. The zero-order valence-corrected chi connectivity index (χ0v) is 11.9. The van der Waals surface area contributed by atoms with Gasteiger partial charge in [0, 0.05) is 24.2 Å². The first-order valence-electron chi connectivity index (χ1n) is 6.87. The number of hydrogen-bond acceptors (Lipinski definition) is 3. The van der Waals surface area contributed by atoms with Gasteiger partial charge in [0.1, 0.15) is 11.4 Å². The van der Waals surface area contributed by atoms with Crippen LogP contribution in [0.5, 0.6) is 5.75 Å². The van der Waals surface area contributed by atoms with Crippen molar-refractivity contribution in [2.45, 2.75) is 25.7 Å². The summed E-state index contributed by atoms with van der Waals surface area (Å²) in [6.07, 6.45) is 3.69. The topological polar surface area (TPSA) is 53.1 Å². The van der Waals surface area contributed by atoms with Gasteiger partial charge in [-0.25, -0.2) is 13.8 Å². The maximum Gasteiger partial charge on any atom is 0.205 e. The molecular weight excluding hydrogens is 276 g/mol. The average Bonchev–Trinajstić information content (AvgIpc) is 2.76. The molecular formula is C15H17F2N3O. The minimum absolute atomic E-state index is 0.0903. The molecule has 1 aromatic heterocycles. The summed E-state index contributed by atoms with van der Waals surface area (Å²) >= 11 is 0. The molecule has 1 aromatic carbocycles. The molecule has 6 heteroatoms. The molecule has 3 rings (SSSR count). The Labute approximate surface area is 121 Å². The van der Waals surface area contributed by atoms with Crippen molar-refractivity contribution in [2.24, 2.45) is 5.92 Å². The molecule has 2 N–H and O–H groups in total. The fourth-order valence-electron chi connectivity index (χ4n) is 2.82. The SMILES string of the molecule is COc1cc(F)c(-n2cc(C3CC(C)C3)nc2N)c(F)c1. The van der Waals surface area contributed by atoms with Gasteiger partial charge in [0.2, 0.25) is 5.95 Å². The number of anilines is 1. The molecule has 0 radical (unpaired) electrons. The number of aromatic nitrogens is 2. The molecule has 1 aliphatic carbocycles. The zero-order chi connectivity index (χ0) is 15.1. The van der Waals surface area contributed by atoms with Crippen LogP contribution >= 0.6 is 0 Å². The maximum absolute atomic E-state index is 14.1. The average molecular weight is 293 g/mol. The molecule has 1 saturated carbocycles.